The molecule has 0 saturated carbocycles. The van der Waals surface area contributed by atoms with Crippen LogP contribution in [-0.2, 0) is 0 Å². The summed E-state index contributed by atoms with van der Waals surface area (Å²) in [6, 6.07) is 20.6. The zero-order valence-corrected chi connectivity index (χ0v) is 18.1. The summed E-state index contributed by atoms with van der Waals surface area (Å²) in [5.41, 5.74) is 1.23. The number of rotatable bonds is 8. The molecule has 3 rings (SSSR count). The van der Waals surface area contributed by atoms with Gasteiger partial charge in [0.2, 0.25) is 0 Å². The fraction of sp³-hybridized carbons (Fsp3) is 0.130. The second kappa shape index (κ2) is 10.9. The first-order valence-electron chi connectivity index (χ1n) is 9.71. The van der Waals surface area contributed by atoms with Crippen LogP contribution in [0.4, 0.5) is 11.4 Å². The molecule has 0 saturated heterocycles. The average Bonchev–Trinajstić information content (AvgIpc) is 2.79. The van der Waals surface area contributed by atoms with Gasteiger partial charge in [-0.25, -0.2) is 0 Å². The van der Waals surface area contributed by atoms with E-state index in [9.17, 15) is 14.9 Å². The monoisotopic (exact) mass is 451 g/mol. The first-order valence-corrected chi connectivity index (χ1v) is 10.1. The third-order valence-corrected chi connectivity index (χ3v) is 4.66. The van der Waals surface area contributed by atoms with Crippen molar-refractivity contribution in [3.05, 3.63) is 94.0 Å². The van der Waals surface area contributed by atoms with Gasteiger partial charge in [0.05, 0.1) is 16.2 Å². The van der Waals surface area contributed by atoms with Gasteiger partial charge in [0.25, 0.3) is 11.6 Å². The Morgan fingerprint density at radius 3 is 2.19 bits per heavy atom. The molecule has 0 aliphatic heterocycles. The zero-order chi connectivity index (χ0) is 22.9. The van der Waals surface area contributed by atoms with Crippen molar-refractivity contribution in [1.29, 1.82) is 0 Å². The number of hydrogen-bond acceptors (Lipinski definition) is 6. The van der Waals surface area contributed by atoms with Crippen LogP contribution in [0.15, 0.2) is 72.8 Å². The van der Waals surface area contributed by atoms with E-state index in [4.69, 9.17) is 21.7 Å². The highest BCUT2D eigenvalue weighted by Gasteiger charge is 2.15. The van der Waals surface area contributed by atoms with E-state index in [1.54, 1.807) is 43.3 Å². The second-order valence-corrected chi connectivity index (χ2v) is 7.06. The maximum absolute atomic E-state index is 12.4. The van der Waals surface area contributed by atoms with E-state index in [0.29, 0.717) is 35.8 Å². The molecule has 0 atom stereocenters. The van der Waals surface area contributed by atoms with Crippen molar-refractivity contribution >= 4 is 34.6 Å². The molecule has 0 bridgehead atoms. The van der Waals surface area contributed by atoms with E-state index >= 15 is 0 Å². The molecule has 8 nitrogen and oxygen atoms in total. The Bertz CT molecular complexity index is 1100. The lowest BCUT2D eigenvalue weighted by molar-refractivity contribution is -0.385. The van der Waals surface area contributed by atoms with Crippen molar-refractivity contribution in [2.75, 3.05) is 18.5 Å². The summed E-state index contributed by atoms with van der Waals surface area (Å²) in [6.45, 7) is 2.36. The topological polar surface area (TPSA) is 103 Å². The minimum atomic E-state index is -0.473. The quantitative estimate of drug-likeness (QED) is 0.225. The van der Waals surface area contributed by atoms with Gasteiger partial charge in [-0.05, 0) is 61.6 Å². The molecule has 0 radical (unpaired) electrons. The highest BCUT2D eigenvalue weighted by molar-refractivity contribution is 7.80. The van der Waals surface area contributed by atoms with Gasteiger partial charge in [-0.15, -0.1) is 0 Å². The van der Waals surface area contributed by atoms with Crippen LogP contribution in [0.1, 0.15) is 15.9 Å². The van der Waals surface area contributed by atoms with Crippen molar-refractivity contribution in [3.63, 3.8) is 0 Å². The van der Waals surface area contributed by atoms with Gasteiger partial charge < -0.3 is 14.8 Å². The van der Waals surface area contributed by atoms with Crippen LogP contribution in [-0.4, -0.2) is 29.2 Å². The van der Waals surface area contributed by atoms with E-state index in [1.807, 2.05) is 30.3 Å². The normalized spacial score (nSPS) is 10.2. The van der Waals surface area contributed by atoms with Crippen molar-refractivity contribution < 1.29 is 19.2 Å². The molecule has 1 amide bonds. The number of nitro benzene ring substituents is 1. The van der Waals surface area contributed by atoms with Gasteiger partial charge in [-0.2, -0.15) is 0 Å². The zero-order valence-electron chi connectivity index (χ0n) is 17.2. The number of carbonyl (C=O) groups is 1. The van der Waals surface area contributed by atoms with Crippen LogP contribution in [0.2, 0.25) is 0 Å². The van der Waals surface area contributed by atoms with E-state index in [2.05, 4.69) is 10.6 Å². The molecule has 0 spiro atoms. The van der Waals surface area contributed by atoms with Gasteiger partial charge in [-0.3, -0.25) is 20.2 Å². The molecule has 9 heteroatoms. The molecule has 3 aromatic carbocycles. The Morgan fingerprint density at radius 2 is 1.56 bits per heavy atom. The highest BCUT2D eigenvalue weighted by atomic mass is 32.1. The minimum absolute atomic E-state index is 0.0334. The van der Waals surface area contributed by atoms with Crippen LogP contribution in [0, 0.1) is 17.0 Å². The lowest BCUT2D eigenvalue weighted by Crippen LogP contribution is -2.34. The van der Waals surface area contributed by atoms with Crippen LogP contribution >= 0.6 is 12.2 Å². The number of hydrogen-bond donors (Lipinski definition) is 2. The first kappa shape index (κ1) is 22.7. The van der Waals surface area contributed by atoms with Gasteiger partial charge >= 0.3 is 0 Å². The number of carbonyl (C=O) groups excluding carboxylic acids is 1. The Hall–Kier alpha value is -3.98. The minimum Gasteiger partial charge on any atom is -0.490 e. The number of nitrogens with zero attached hydrogens (tertiary/aromatic N) is 1. The molecule has 0 unspecified atom stereocenters. The first-order chi connectivity index (χ1) is 15.4. The molecule has 2 N–H and O–H groups in total. The maximum Gasteiger partial charge on any atom is 0.274 e. The molecule has 0 aliphatic carbocycles. The number of nitrogens with one attached hydrogen (secondary N) is 2. The fourth-order valence-electron chi connectivity index (χ4n) is 2.82. The van der Waals surface area contributed by atoms with Crippen LogP contribution < -0.4 is 20.1 Å². The second-order valence-electron chi connectivity index (χ2n) is 6.65. The molecule has 0 heterocycles. The number of anilines is 1. The Kier molecular flexibility index (Phi) is 7.71. The molecule has 0 aliphatic rings. The molecular weight excluding hydrogens is 430 g/mol. The number of benzene rings is 3. The van der Waals surface area contributed by atoms with Crippen molar-refractivity contribution in [2.24, 2.45) is 0 Å². The lowest BCUT2D eigenvalue weighted by atomic mass is 10.1. The van der Waals surface area contributed by atoms with Crippen LogP contribution in [0.5, 0.6) is 11.5 Å². The van der Waals surface area contributed by atoms with E-state index in [-0.39, 0.29) is 10.8 Å². The smallest absolute Gasteiger partial charge is 0.274 e. The van der Waals surface area contributed by atoms with E-state index in [0.717, 1.165) is 5.75 Å². The lowest BCUT2D eigenvalue weighted by Gasteiger charge is -2.12. The maximum atomic E-state index is 12.4. The average molecular weight is 452 g/mol. The summed E-state index contributed by atoms with van der Waals surface area (Å²) in [7, 11) is 0. The van der Waals surface area contributed by atoms with E-state index < -0.39 is 10.8 Å². The molecule has 3 aromatic rings. The van der Waals surface area contributed by atoms with Crippen molar-refractivity contribution in [2.45, 2.75) is 6.92 Å². The van der Waals surface area contributed by atoms with E-state index in [1.165, 1.54) is 6.07 Å². The summed E-state index contributed by atoms with van der Waals surface area (Å²) in [4.78, 5) is 23.0. The van der Waals surface area contributed by atoms with Crippen LogP contribution in [0.25, 0.3) is 0 Å². The summed E-state index contributed by atoms with van der Waals surface area (Å²) < 4.78 is 11.2. The summed E-state index contributed by atoms with van der Waals surface area (Å²) in [5.74, 6) is 0.962. The third kappa shape index (κ3) is 6.26. The van der Waals surface area contributed by atoms with Gasteiger partial charge in [0.1, 0.15) is 24.7 Å². The third-order valence-electron chi connectivity index (χ3n) is 4.46. The SMILES string of the molecule is Cc1c(NC(=S)NC(=O)c2ccc(OCCOc3ccccc3)cc2)cccc1[N+](=O)[O-]. The Labute approximate surface area is 190 Å². The van der Waals surface area contributed by atoms with Crippen LogP contribution in [0.3, 0.4) is 0 Å². The summed E-state index contributed by atoms with van der Waals surface area (Å²) in [5, 5.41) is 16.5. The standard InChI is InChI=1S/C23H21N3O5S/c1-16-20(8-5-9-21(16)26(28)29)24-23(32)25-22(27)17-10-12-19(13-11-17)31-15-14-30-18-6-3-2-4-7-18/h2-13H,14-15H2,1H3,(H2,24,25,27,32). The number of para-hydroxylation sites is 1. The Morgan fingerprint density at radius 1 is 0.938 bits per heavy atom. The molecule has 164 valence electrons. The number of ether oxygens (including phenoxy) is 2. The molecule has 0 fully saturated rings. The number of thiocarbonyl (C=S) groups is 1. The van der Waals surface area contributed by atoms with Gasteiger partial charge in [0, 0.05) is 11.6 Å². The predicted octanol–water partition coefficient (Wildman–Crippen LogP) is 4.49. The largest absolute Gasteiger partial charge is 0.490 e. The van der Waals surface area contributed by atoms with Gasteiger partial charge in [-0.1, -0.05) is 24.3 Å². The molecule has 0 aromatic heterocycles. The summed E-state index contributed by atoms with van der Waals surface area (Å²) in [6.07, 6.45) is 0. The Balaban J connectivity index is 1.48. The highest BCUT2D eigenvalue weighted by Crippen LogP contribution is 2.25. The predicted molar refractivity (Wildman–Crippen MR) is 125 cm³/mol. The fourth-order valence-corrected chi connectivity index (χ4v) is 3.03. The van der Waals surface area contributed by atoms with Crippen molar-refractivity contribution in [3.8, 4) is 11.5 Å². The molecule has 32 heavy (non-hydrogen) atoms. The van der Waals surface area contributed by atoms with Gasteiger partial charge in [0.15, 0.2) is 5.11 Å². The van der Waals surface area contributed by atoms with Crippen molar-refractivity contribution in [1.82, 2.24) is 5.32 Å². The number of nitro groups is 1. The number of amides is 1. The molecular formula is C23H21N3O5S. The summed E-state index contributed by atoms with van der Waals surface area (Å²) >= 11 is 5.17.